The van der Waals surface area contributed by atoms with Crippen molar-refractivity contribution in [3.8, 4) is 0 Å². The highest BCUT2D eigenvalue weighted by atomic mass is 35.5. The van der Waals surface area contributed by atoms with Gasteiger partial charge in [0, 0.05) is 16.8 Å². The van der Waals surface area contributed by atoms with Gasteiger partial charge < -0.3 is 5.32 Å². The van der Waals surface area contributed by atoms with Crippen molar-refractivity contribution in [1.29, 1.82) is 0 Å². The van der Waals surface area contributed by atoms with Crippen molar-refractivity contribution < 1.29 is 0 Å². The van der Waals surface area contributed by atoms with E-state index in [1.165, 1.54) is 4.88 Å². The van der Waals surface area contributed by atoms with E-state index in [1.807, 2.05) is 6.07 Å². The molecule has 1 N–H and O–H groups in total. The van der Waals surface area contributed by atoms with Crippen LogP contribution in [0.25, 0.3) is 0 Å². The second kappa shape index (κ2) is 4.65. The lowest BCUT2D eigenvalue weighted by Crippen LogP contribution is -2.31. The Labute approximate surface area is 93.1 Å². The Morgan fingerprint density at radius 2 is 2.15 bits per heavy atom. The van der Waals surface area contributed by atoms with Crippen molar-refractivity contribution >= 4 is 34.5 Å². The van der Waals surface area contributed by atoms with E-state index in [2.05, 4.69) is 25.2 Å². The molecule has 0 aromatic carbocycles. The van der Waals surface area contributed by atoms with Crippen LogP contribution in [0.1, 0.15) is 18.7 Å². The molecule has 4 heteroatoms. The number of alkyl halides is 1. The average Bonchev–Trinajstić information content (AvgIpc) is 2.49. The number of thiophene rings is 1. The van der Waals surface area contributed by atoms with E-state index >= 15 is 0 Å². The first-order chi connectivity index (χ1) is 6.06. The van der Waals surface area contributed by atoms with E-state index in [0.29, 0.717) is 6.00 Å². The van der Waals surface area contributed by atoms with Gasteiger partial charge in [-0.25, -0.2) is 0 Å². The smallest absolute Gasteiger partial charge is 0.0931 e. The summed E-state index contributed by atoms with van der Waals surface area (Å²) >= 11 is 13.1. The zero-order valence-corrected chi connectivity index (χ0v) is 10.1. The molecule has 0 radical (unpaired) electrons. The molecular formula is C9H13Cl2NS. The van der Waals surface area contributed by atoms with Crippen LogP contribution in [0.15, 0.2) is 12.1 Å². The number of hydrogen-bond donors (Lipinski definition) is 1. The van der Waals surface area contributed by atoms with Crippen LogP contribution in [0.3, 0.4) is 0 Å². The van der Waals surface area contributed by atoms with Crippen molar-refractivity contribution in [2.75, 3.05) is 12.5 Å². The van der Waals surface area contributed by atoms with Gasteiger partial charge in [0.05, 0.1) is 10.3 Å². The van der Waals surface area contributed by atoms with Gasteiger partial charge in [-0.3, -0.25) is 0 Å². The minimum atomic E-state index is 0.104. The third-order valence-electron chi connectivity index (χ3n) is 1.90. The zero-order valence-electron chi connectivity index (χ0n) is 7.73. The highest BCUT2D eigenvalue weighted by Gasteiger charge is 2.21. The number of hydrogen-bond acceptors (Lipinski definition) is 2. The standard InChI is InChI=1S/C9H13Cl2NS/c1-9(2,5-12-6-10)7-3-4-8(11)13-7/h3-4,12H,5-6H2,1-2H3. The van der Waals surface area contributed by atoms with Crippen molar-refractivity contribution in [3.05, 3.63) is 21.3 Å². The molecule has 0 aliphatic heterocycles. The van der Waals surface area contributed by atoms with E-state index in [9.17, 15) is 0 Å². The Morgan fingerprint density at radius 3 is 2.62 bits per heavy atom. The van der Waals surface area contributed by atoms with Crippen LogP contribution in [-0.4, -0.2) is 12.5 Å². The molecule has 0 amide bonds. The van der Waals surface area contributed by atoms with Gasteiger partial charge in [-0.2, -0.15) is 0 Å². The Kier molecular flexibility index (Phi) is 4.05. The second-order valence-electron chi connectivity index (χ2n) is 3.55. The van der Waals surface area contributed by atoms with Crippen LogP contribution in [0, 0.1) is 0 Å². The summed E-state index contributed by atoms with van der Waals surface area (Å²) in [5, 5.41) is 3.13. The Morgan fingerprint density at radius 1 is 1.46 bits per heavy atom. The molecule has 1 aromatic heterocycles. The lowest BCUT2D eigenvalue weighted by Gasteiger charge is -2.22. The molecule has 0 unspecified atom stereocenters. The molecule has 0 fully saturated rings. The average molecular weight is 238 g/mol. The quantitative estimate of drug-likeness (QED) is 0.625. The summed E-state index contributed by atoms with van der Waals surface area (Å²) in [4.78, 5) is 1.29. The third-order valence-corrected chi connectivity index (χ3v) is 3.69. The van der Waals surface area contributed by atoms with Gasteiger partial charge >= 0.3 is 0 Å². The van der Waals surface area contributed by atoms with E-state index in [0.717, 1.165) is 10.9 Å². The van der Waals surface area contributed by atoms with Gasteiger partial charge in [0.1, 0.15) is 0 Å². The van der Waals surface area contributed by atoms with Crippen LogP contribution in [0.4, 0.5) is 0 Å². The van der Waals surface area contributed by atoms with Gasteiger partial charge in [-0.1, -0.05) is 25.4 Å². The highest BCUT2D eigenvalue weighted by molar-refractivity contribution is 7.16. The zero-order chi connectivity index (χ0) is 9.90. The lowest BCUT2D eigenvalue weighted by molar-refractivity contribution is 0.498. The van der Waals surface area contributed by atoms with Gasteiger partial charge in [0.2, 0.25) is 0 Å². The first kappa shape index (κ1) is 11.3. The van der Waals surface area contributed by atoms with Crippen molar-refractivity contribution in [1.82, 2.24) is 5.32 Å². The predicted molar refractivity (Wildman–Crippen MR) is 61.1 cm³/mol. The predicted octanol–water partition coefficient (Wildman–Crippen LogP) is 3.47. The molecule has 0 bridgehead atoms. The summed E-state index contributed by atoms with van der Waals surface area (Å²) in [5.74, 6) is 0. The largest absolute Gasteiger partial charge is 0.303 e. The molecule has 13 heavy (non-hydrogen) atoms. The van der Waals surface area contributed by atoms with Crippen LogP contribution >= 0.6 is 34.5 Å². The molecule has 1 aromatic rings. The normalized spacial score (nSPS) is 12.0. The summed E-state index contributed by atoms with van der Waals surface area (Å²) in [6, 6.07) is 4.50. The van der Waals surface area contributed by atoms with E-state index in [-0.39, 0.29) is 5.41 Å². The maximum atomic E-state index is 5.87. The van der Waals surface area contributed by atoms with Gasteiger partial charge in [0.25, 0.3) is 0 Å². The molecule has 0 saturated heterocycles. The summed E-state index contributed by atoms with van der Waals surface area (Å²) in [7, 11) is 0. The summed E-state index contributed by atoms with van der Waals surface area (Å²) in [6.07, 6.45) is 0. The summed E-state index contributed by atoms with van der Waals surface area (Å²) in [6.45, 7) is 5.22. The molecule has 1 nitrogen and oxygen atoms in total. The SMILES string of the molecule is CC(C)(CNCCl)c1ccc(Cl)s1. The molecule has 0 atom stereocenters. The summed E-state index contributed by atoms with van der Waals surface area (Å²) < 4.78 is 0.842. The minimum Gasteiger partial charge on any atom is -0.303 e. The maximum absolute atomic E-state index is 5.87. The number of nitrogens with one attached hydrogen (secondary N) is 1. The maximum Gasteiger partial charge on any atom is 0.0931 e. The summed E-state index contributed by atoms with van der Waals surface area (Å²) in [5.41, 5.74) is 0.104. The first-order valence-corrected chi connectivity index (χ1v) is 5.81. The fraction of sp³-hybridized carbons (Fsp3) is 0.556. The van der Waals surface area contributed by atoms with Gasteiger partial charge in [-0.05, 0) is 12.1 Å². The topological polar surface area (TPSA) is 12.0 Å². The van der Waals surface area contributed by atoms with Crippen LogP contribution < -0.4 is 5.32 Å². The van der Waals surface area contributed by atoms with Gasteiger partial charge in [0.15, 0.2) is 0 Å². The van der Waals surface area contributed by atoms with E-state index in [1.54, 1.807) is 11.3 Å². The Bertz CT molecular complexity index is 270. The van der Waals surface area contributed by atoms with Crippen LogP contribution in [-0.2, 0) is 5.41 Å². The molecule has 0 aliphatic carbocycles. The first-order valence-electron chi connectivity index (χ1n) is 4.09. The fourth-order valence-electron chi connectivity index (χ4n) is 1.12. The lowest BCUT2D eigenvalue weighted by atomic mass is 9.92. The molecule has 1 rings (SSSR count). The van der Waals surface area contributed by atoms with Gasteiger partial charge in [-0.15, -0.1) is 22.9 Å². The molecule has 74 valence electrons. The molecule has 0 aliphatic rings. The fourth-order valence-corrected chi connectivity index (χ4v) is 2.36. The Hall–Kier alpha value is 0.240. The molecule has 0 saturated carbocycles. The van der Waals surface area contributed by atoms with Crippen LogP contribution in [0.2, 0.25) is 4.34 Å². The number of rotatable bonds is 4. The molecule has 0 spiro atoms. The second-order valence-corrected chi connectivity index (χ2v) is 5.53. The highest BCUT2D eigenvalue weighted by Crippen LogP contribution is 2.31. The molecular weight excluding hydrogens is 225 g/mol. The number of halogens is 2. The van der Waals surface area contributed by atoms with Crippen molar-refractivity contribution in [3.63, 3.8) is 0 Å². The van der Waals surface area contributed by atoms with Crippen LogP contribution in [0.5, 0.6) is 0 Å². The van der Waals surface area contributed by atoms with E-state index < -0.39 is 0 Å². The molecule has 1 heterocycles. The third kappa shape index (κ3) is 3.13. The van der Waals surface area contributed by atoms with Crippen molar-refractivity contribution in [2.45, 2.75) is 19.3 Å². The Balaban J connectivity index is 2.68. The monoisotopic (exact) mass is 237 g/mol. The van der Waals surface area contributed by atoms with E-state index in [4.69, 9.17) is 23.2 Å². The van der Waals surface area contributed by atoms with Crippen molar-refractivity contribution in [2.24, 2.45) is 0 Å². The minimum absolute atomic E-state index is 0.104.